The molecule has 3 aliphatic rings. The number of rotatable bonds is 5. The van der Waals surface area contributed by atoms with Crippen molar-refractivity contribution < 1.29 is 29.3 Å². The number of hydrogen-bond donors (Lipinski definition) is 3. The normalized spacial score (nSPS) is 27.5. The summed E-state index contributed by atoms with van der Waals surface area (Å²) >= 11 is 0. The lowest BCUT2D eigenvalue weighted by molar-refractivity contribution is -0.255. The molecule has 8 nitrogen and oxygen atoms in total. The van der Waals surface area contributed by atoms with E-state index >= 15 is 0 Å². The van der Waals surface area contributed by atoms with Gasteiger partial charge >= 0.3 is 6.75 Å². The van der Waals surface area contributed by atoms with Crippen molar-refractivity contribution in [1.82, 2.24) is 4.90 Å². The van der Waals surface area contributed by atoms with Gasteiger partial charge in [-0.1, -0.05) is 18.3 Å². The highest BCUT2D eigenvalue weighted by Crippen LogP contribution is 2.63. The number of aromatic carboxylic acids is 1. The molecule has 1 aliphatic carbocycles. The minimum absolute atomic E-state index is 0.0330. The van der Waals surface area contributed by atoms with Crippen molar-refractivity contribution in [3.63, 3.8) is 0 Å². The molecular weight excluding hydrogens is 315 g/mol. The van der Waals surface area contributed by atoms with Crippen LogP contribution in [-0.2, 0) is 0 Å². The third-order valence-corrected chi connectivity index (χ3v) is 5.10. The summed E-state index contributed by atoms with van der Waals surface area (Å²) in [5.74, 6) is -1.80. The SMILES string of the molecule is NCCN1CC(Oc2ccc3c(c2C(=O)[O-])O[B-](O)(O)[C@H]2C[C@@H]32)C1. The van der Waals surface area contributed by atoms with Crippen LogP contribution in [0.2, 0.25) is 5.82 Å². The highest BCUT2D eigenvalue weighted by Gasteiger charge is 2.55. The second-order valence-electron chi connectivity index (χ2n) is 6.82. The first-order valence-electron chi connectivity index (χ1n) is 8.16. The van der Waals surface area contributed by atoms with Gasteiger partial charge in [0.15, 0.2) is 0 Å². The summed E-state index contributed by atoms with van der Waals surface area (Å²) in [6.07, 6.45) is 0.437. The molecule has 2 fully saturated rings. The van der Waals surface area contributed by atoms with Crippen LogP contribution < -0.4 is 20.2 Å². The van der Waals surface area contributed by atoms with Gasteiger partial charge in [-0.15, -0.1) is 0 Å². The van der Waals surface area contributed by atoms with Crippen LogP contribution in [-0.4, -0.2) is 60.0 Å². The second kappa shape index (κ2) is 5.35. The summed E-state index contributed by atoms with van der Waals surface area (Å²) < 4.78 is 11.0. The highest BCUT2D eigenvalue weighted by molar-refractivity contribution is 6.62. The molecule has 0 amide bonds. The van der Waals surface area contributed by atoms with Crippen molar-refractivity contribution in [3.05, 3.63) is 23.3 Å². The standard InChI is InChI=1S/C15H20BN2O6/c17-3-4-18-6-8(7-18)23-12-2-1-9-10-5-11(10)16(21,22)24-14(9)13(12)15(19)20/h1-2,8,10-11,21-22H,3-7,17H2,(H,19,20)/q-1/p-1/t10-,11-/m0/s1. The zero-order valence-corrected chi connectivity index (χ0v) is 13.1. The first-order valence-corrected chi connectivity index (χ1v) is 8.16. The van der Waals surface area contributed by atoms with Gasteiger partial charge in [-0.2, -0.15) is 0 Å². The van der Waals surface area contributed by atoms with Gasteiger partial charge in [0.2, 0.25) is 0 Å². The Morgan fingerprint density at radius 1 is 1.46 bits per heavy atom. The van der Waals surface area contributed by atoms with Gasteiger partial charge in [0.1, 0.15) is 11.9 Å². The number of nitrogens with zero attached hydrogens (tertiary/aromatic N) is 1. The molecule has 1 aromatic rings. The Morgan fingerprint density at radius 2 is 2.21 bits per heavy atom. The molecule has 130 valence electrons. The molecule has 2 aliphatic heterocycles. The number of likely N-dealkylation sites (tertiary alicyclic amines) is 1. The Balaban J connectivity index is 1.61. The fraction of sp³-hybridized carbons (Fsp3) is 0.533. The van der Waals surface area contributed by atoms with Crippen molar-refractivity contribution in [2.75, 3.05) is 26.2 Å². The lowest BCUT2D eigenvalue weighted by Gasteiger charge is -2.40. The minimum Gasteiger partial charge on any atom is -0.669 e. The molecule has 0 radical (unpaired) electrons. The van der Waals surface area contributed by atoms with Crippen LogP contribution in [0.25, 0.3) is 0 Å². The van der Waals surface area contributed by atoms with Crippen LogP contribution in [0.4, 0.5) is 0 Å². The van der Waals surface area contributed by atoms with E-state index in [4.69, 9.17) is 15.1 Å². The average molecular weight is 334 g/mol. The fourth-order valence-corrected chi connectivity index (χ4v) is 3.75. The van der Waals surface area contributed by atoms with Crippen LogP contribution in [0.1, 0.15) is 28.3 Å². The zero-order valence-electron chi connectivity index (χ0n) is 13.1. The molecular formula is C15H19BN2O6-2. The molecule has 9 heteroatoms. The van der Waals surface area contributed by atoms with Crippen LogP contribution in [0.5, 0.6) is 11.5 Å². The molecule has 0 bridgehead atoms. The number of nitrogens with two attached hydrogens (primary N) is 1. The molecule has 4 rings (SSSR count). The fourth-order valence-electron chi connectivity index (χ4n) is 3.75. The lowest BCUT2D eigenvalue weighted by Crippen LogP contribution is -2.55. The third-order valence-electron chi connectivity index (χ3n) is 5.10. The van der Waals surface area contributed by atoms with Crippen LogP contribution in [0, 0.1) is 0 Å². The van der Waals surface area contributed by atoms with E-state index in [0.717, 1.165) is 6.54 Å². The molecule has 2 atom stereocenters. The Kier molecular flexibility index (Phi) is 3.50. The van der Waals surface area contributed by atoms with Crippen molar-refractivity contribution in [1.29, 1.82) is 0 Å². The monoisotopic (exact) mass is 334 g/mol. The maximum Gasteiger partial charge on any atom is 0.434 e. The zero-order chi connectivity index (χ0) is 17.1. The predicted molar refractivity (Wildman–Crippen MR) is 82.6 cm³/mol. The van der Waals surface area contributed by atoms with Gasteiger partial charge in [-0.05, 0) is 17.5 Å². The van der Waals surface area contributed by atoms with Gasteiger partial charge in [0, 0.05) is 26.2 Å². The van der Waals surface area contributed by atoms with Gasteiger partial charge < -0.3 is 35.1 Å². The van der Waals surface area contributed by atoms with E-state index in [9.17, 15) is 19.9 Å². The average Bonchev–Trinajstić information content (AvgIpc) is 3.25. The Hall–Kier alpha value is -1.81. The Morgan fingerprint density at radius 3 is 2.88 bits per heavy atom. The summed E-state index contributed by atoms with van der Waals surface area (Å²) in [6.45, 7) is -0.387. The summed E-state index contributed by atoms with van der Waals surface area (Å²) in [5.41, 5.74) is 5.91. The number of carbonyl (C=O) groups is 1. The van der Waals surface area contributed by atoms with E-state index in [-0.39, 0.29) is 34.9 Å². The van der Waals surface area contributed by atoms with Gasteiger partial charge in [0.05, 0.1) is 17.3 Å². The van der Waals surface area contributed by atoms with Gasteiger partial charge in [-0.25, -0.2) is 0 Å². The third kappa shape index (κ3) is 2.44. The first-order chi connectivity index (χ1) is 11.4. The van der Waals surface area contributed by atoms with Crippen LogP contribution in [0.15, 0.2) is 12.1 Å². The van der Waals surface area contributed by atoms with Crippen LogP contribution >= 0.6 is 0 Å². The number of ether oxygens (including phenoxy) is 1. The predicted octanol–water partition coefficient (Wildman–Crippen LogP) is -1.75. The summed E-state index contributed by atoms with van der Waals surface area (Å²) in [6, 6.07) is 3.34. The van der Waals surface area contributed by atoms with E-state index < -0.39 is 12.7 Å². The smallest absolute Gasteiger partial charge is 0.434 e. The van der Waals surface area contributed by atoms with E-state index in [1.165, 1.54) is 0 Å². The molecule has 4 N–H and O–H groups in total. The Labute approximate surface area is 138 Å². The second-order valence-corrected chi connectivity index (χ2v) is 6.82. The molecule has 24 heavy (non-hydrogen) atoms. The number of fused-ring (bicyclic) bond motifs is 3. The van der Waals surface area contributed by atoms with E-state index in [2.05, 4.69) is 4.90 Å². The lowest BCUT2D eigenvalue weighted by atomic mass is 9.68. The number of carboxylic acids is 1. The molecule has 0 unspecified atom stereocenters. The molecule has 1 saturated heterocycles. The van der Waals surface area contributed by atoms with Crippen molar-refractivity contribution in [3.8, 4) is 11.5 Å². The number of benzene rings is 1. The molecule has 1 aromatic carbocycles. The first kappa shape index (κ1) is 15.7. The maximum absolute atomic E-state index is 11.6. The molecule has 1 saturated carbocycles. The summed E-state index contributed by atoms with van der Waals surface area (Å²) in [4.78, 5) is 13.7. The quantitative estimate of drug-likeness (QED) is 0.541. The number of carboxylic acid groups (broad SMARTS) is 1. The Bertz CT molecular complexity index is 691. The number of hydrogen-bond acceptors (Lipinski definition) is 8. The molecule has 2 heterocycles. The number of carbonyl (C=O) groups excluding carboxylic acids is 1. The molecule has 0 spiro atoms. The highest BCUT2D eigenvalue weighted by atomic mass is 16.6. The van der Waals surface area contributed by atoms with Crippen molar-refractivity contribution in [2.24, 2.45) is 5.73 Å². The van der Waals surface area contributed by atoms with Crippen LogP contribution in [0.3, 0.4) is 0 Å². The van der Waals surface area contributed by atoms with Crippen molar-refractivity contribution >= 4 is 12.7 Å². The van der Waals surface area contributed by atoms with Gasteiger partial charge in [-0.3, -0.25) is 4.90 Å². The van der Waals surface area contributed by atoms with Gasteiger partial charge in [0.25, 0.3) is 0 Å². The van der Waals surface area contributed by atoms with Crippen molar-refractivity contribution in [2.45, 2.75) is 24.3 Å². The summed E-state index contributed by atoms with van der Waals surface area (Å²) in [7, 11) is 0. The van der Waals surface area contributed by atoms with E-state index in [1.54, 1.807) is 12.1 Å². The summed E-state index contributed by atoms with van der Waals surface area (Å²) in [5, 5.41) is 31.6. The maximum atomic E-state index is 11.6. The topological polar surface area (TPSA) is 128 Å². The minimum atomic E-state index is -3.05. The largest absolute Gasteiger partial charge is 0.669 e. The molecule has 0 aromatic heterocycles. The van der Waals surface area contributed by atoms with E-state index in [0.29, 0.717) is 31.6 Å². The van der Waals surface area contributed by atoms with E-state index in [1.807, 2.05) is 0 Å².